The summed E-state index contributed by atoms with van der Waals surface area (Å²) in [5.74, 6) is -0.0711. The second-order valence-electron chi connectivity index (χ2n) is 10.0. The Bertz CT molecular complexity index is 1340. The lowest BCUT2D eigenvalue weighted by atomic mass is 9.94. The number of nitrogens with zero attached hydrogens (tertiary/aromatic N) is 4. The number of benzene rings is 2. The summed E-state index contributed by atoms with van der Waals surface area (Å²) in [6.45, 7) is 3.92. The van der Waals surface area contributed by atoms with Crippen LogP contribution in [0.2, 0.25) is 0 Å². The number of hydrogen-bond acceptors (Lipinski definition) is 6. The summed E-state index contributed by atoms with van der Waals surface area (Å²) in [6, 6.07) is 12.9. The Labute approximate surface area is 226 Å². The van der Waals surface area contributed by atoms with Gasteiger partial charge in [0.2, 0.25) is 5.91 Å². The van der Waals surface area contributed by atoms with E-state index in [2.05, 4.69) is 28.0 Å². The molecule has 2 aliphatic heterocycles. The monoisotopic (exact) mass is 534 g/mol. The molecule has 1 amide bonds. The van der Waals surface area contributed by atoms with Crippen LogP contribution in [-0.2, 0) is 4.79 Å². The van der Waals surface area contributed by atoms with Crippen molar-refractivity contribution in [3.05, 3.63) is 77.5 Å². The molecule has 0 radical (unpaired) electrons. The number of aryl methyl sites for hydroxylation is 1. The second kappa shape index (κ2) is 11.9. The van der Waals surface area contributed by atoms with Crippen LogP contribution in [0.1, 0.15) is 42.9 Å². The van der Waals surface area contributed by atoms with E-state index in [1.807, 2.05) is 24.3 Å². The molecule has 0 bridgehead atoms. The van der Waals surface area contributed by atoms with Crippen LogP contribution in [0.15, 0.2) is 59.8 Å². The van der Waals surface area contributed by atoms with Crippen molar-refractivity contribution in [3.8, 4) is 16.9 Å². The minimum Gasteiger partial charge on any atom is -0.493 e. The predicted molar refractivity (Wildman–Crippen MR) is 146 cm³/mol. The van der Waals surface area contributed by atoms with Crippen LogP contribution in [0.5, 0.6) is 5.75 Å². The lowest BCUT2D eigenvalue weighted by Crippen LogP contribution is -2.41. The molecule has 1 aromatic heterocycles. The van der Waals surface area contributed by atoms with Crippen molar-refractivity contribution in [2.24, 2.45) is 11.0 Å². The maximum atomic E-state index is 13.8. The third-order valence-electron chi connectivity index (χ3n) is 7.33. The highest BCUT2D eigenvalue weighted by Gasteiger charge is 2.35. The number of aliphatic hydroxyl groups excluding tert-OH is 1. The van der Waals surface area contributed by atoms with E-state index in [0.717, 1.165) is 34.3 Å². The molecule has 2 aliphatic rings. The van der Waals surface area contributed by atoms with Crippen molar-refractivity contribution in [2.45, 2.75) is 38.6 Å². The third kappa shape index (κ3) is 6.09. The summed E-state index contributed by atoms with van der Waals surface area (Å²) in [7, 11) is 0. The topological polar surface area (TPSA) is 78.3 Å². The van der Waals surface area contributed by atoms with Gasteiger partial charge in [-0.15, -0.1) is 0 Å². The largest absolute Gasteiger partial charge is 0.493 e. The first kappa shape index (κ1) is 26.7. The molecule has 0 aliphatic carbocycles. The number of anilines is 1. The fourth-order valence-corrected chi connectivity index (χ4v) is 5.23. The molecule has 3 heterocycles. The number of carbonyl (C=O) groups is 1. The Kier molecular flexibility index (Phi) is 8.16. The van der Waals surface area contributed by atoms with Crippen LogP contribution >= 0.6 is 0 Å². The Balaban J connectivity index is 1.25. The number of aliphatic hydroxyl groups is 1. The first-order chi connectivity index (χ1) is 18.9. The van der Waals surface area contributed by atoms with Crippen LogP contribution in [0.3, 0.4) is 0 Å². The van der Waals surface area contributed by atoms with Crippen molar-refractivity contribution in [1.82, 2.24) is 9.99 Å². The number of piperidine rings is 1. The van der Waals surface area contributed by atoms with Crippen molar-refractivity contribution in [2.75, 3.05) is 31.2 Å². The molecular formula is C30H32F2N4O3. The highest BCUT2D eigenvalue weighted by atomic mass is 19.1. The Hall–Kier alpha value is -3.85. The number of carbonyl (C=O) groups excluding carboxylic acids is 1. The molecule has 2 aromatic carbocycles. The zero-order valence-corrected chi connectivity index (χ0v) is 21.9. The molecule has 5 rings (SSSR count). The molecule has 204 valence electrons. The summed E-state index contributed by atoms with van der Waals surface area (Å²) in [4.78, 5) is 20.1. The average molecular weight is 535 g/mol. The predicted octanol–water partition coefficient (Wildman–Crippen LogP) is 5.27. The Morgan fingerprint density at radius 2 is 1.85 bits per heavy atom. The molecule has 1 unspecified atom stereocenters. The summed E-state index contributed by atoms with van der Waals surface area (Å²) < 4.78 is 33.4. The van der Waals surface area contributed by atoms with Gasteiger partial charge in [0.25, 0.3) is 0 Å². The van der Waals surface area contributed by atoms with Crippen molar-refractivity contribution < 1.29 is 23.4 Å². The number of hydrogen-bond donors (Lipinski definition) is 1. The van der Waals surface area contributed by atoms with E-state index in [-0.39, 0.29) is 18.4 Å². The van der Waals surface area contributed by atoms with Gasteiger partial charge in [-0.2, -0.15) is 5.10 Å². The maximum Gasteiger partial charge on any atom is 0.246 e. The number of amides is 1. The van der Waals surface area contributed by atoms with Crippen LogP contribution < -0.4 is 9.64 Å². The summed E-state index contributed by atoms with van der Waals surface area (Å²) in [5, 5.41) is 14.7. The van der Waals surface area contributed by atoms with Crippen LogP contribution in [0.25, 0.3) is 11.1 Å². The fraction of sp³-hybridized carbons (Fsp3) is 0.367. The molecule has 1 saturated heterocycles. The smallest absolute Gasteiger partial charge is 0.246 e. The fourth-order valence-electron chi connectivity index (χ4n) is 5.23. The van der Waals surface area contributed by atoms with Gasteiger partial charge in [-0.25, -0.2) is 18.8 Å². The number of halogens is 2. The molecule has 0 saturated carbocycles. The molecule has 7 nitrogen and oxygen atoms in total. The van der Waals surface area contributed by atoms with Gasteiger partial charge in [0.05, 0.1) is 12.6 Å². The van der Waals surface area contributed by atoms with Gasteiger partial charge in [0.15, 0.2) is 0 Å². The van der Waals surface area contributed by atoms with Gasteiger partial charge in [0.1, 0.15) is 23.2 Å². The molecule has 3 aromatic rings. The Morgan fingerprint density at radius 1 is 1.08 bits per heavy atom. The molecule has 0 spiro atoms. The second-order valence-corrected chi connectivity index (χ2v) is 10.0. The number of pyridine rings is 1. The van der Waals surface area contributed by atoms with Crippen LogP contribution in [0, 0.1) is 24.5 Å². The van der Waals surface area contributed by atoms with Crippen molar-refractivity contribution in [1.29, 1.82) is 0 Å². The highest BCUT2D eigenvalue weighted by molar-refractivity contribution is 5.82. The van der Waals surface area contributed by atoms with Gasteiger partial charge < -0.3 is 14.7 Å². The minimum absolute atomic E-state index is 0.0908. The summed E-state index contributed by atoms with van der Waals surface area (Å²) >= 11 is 0. The Morgan fingerprint density at radius 3 is 2.59 bits per heavy atom. The standard InChI is InChI=1S/C30H32F2N4O3/c1-20-3-4-26(39-14-2-13-37)19-27(20)22-5-9-33-29(17-22)35-11-7-21(8-12-35)30(38)36-28(6-10-34-36)23-15-24(31)18-25(32)16-23/h3-5,9-10,15-19,21,28,37H,2,6-8,11-14H2,1H3. The molecule has 1 atom stereocenters. The molecular weight excluding hydrogens is 502 g/mol. The van der Waals surface area contributed by atoms with Crippen LogP contribution in [0.4, 0.5) is 14.6 Å². The zero-order valence-electron chi connectivity index (χ0n) is 21.9. The van der Waals surface area contributed by atoms with Crippen LogP contribution in [-0.4, -0.2) is 53.5 Å². The molecule has 39 heavy (non-hydrogen) atoms. The quantitative estimate of drug-likeness (QED) is 0.399. The number of ether oxygens (including phenoxy) is 1. The van der Waals surface area contributed by atoms with E-state index >= 15 is 0 Å². The SMILES string of the molecule is Cc1ccc(OCCCO)cc1-c1ccnc(N2CCC(C(=O)N3N=CCC3c3cc(F)cc(F)c3)CC2)c1. The average Bonchev–Trinajstić information content (AvgIpc) is 3.44. The van der Waals surface area contributed by atoms with E-state index < -0.39 is 17.7 Å². The van der Waals surface area contributed by atoms with Gasteiger partial charge in [0, 0.05) is 56.9 Å². The van der Waals surface area contributed by atoms with Gasteiger partial charge in [-0.1, -0.05) is 6.07 Å². The van der Waals surface area contributed by atoms with Gasteiger partial charge in [-0.3, -0.25) is 4.79 Å². The number of aromatic nitrogens is 1. The van der Waals surface area contributed by atoms with E-state index in [9.17, 15) is 13.6 Å². The minimum atomic E-state index is -0.663. The van der Waals surface area contributed by atoms with E-state index in [0.29, 0.717) is 50.9 Å². The van der Waals surface area contributed by atoms with E-state index in [4.69, 9.17) is 9.84 Å². The van der Waals surface area contributed by atoms with Crippen molar-refractivity contribution >= 4 is 17.9 Å². The normalized spacial score (nSPS) is 17.6. The number of rotatable bonds is 8. The maximum absolute atomic E-state index is 13.8. The molecule has 1 N–H and O–H groups in total. The van der Waals surface area contributed by atoms with Gasteiger partial charge in [-0.05, 0) is 78.4 Å². The number of hydrazone groups is 1. The molecule has 1 fully saturated rings. The molecule has 9 heteroatoms. The summed E-state index contributed by atoms with van der Waals surface area (Å²) in [5.41, 5.74) is 3.61. The zero-order chi connectivity index (χ0) is 27.4. The lowest BCUT2D eigenvalue weighted by Gasteiger charge is -2.34. The van der Waals surface area contributed by atoms with E-state index in [1.165, 1.54) is 17.1 Å². The first-order valence-electron chi connectivity index (χ1n) is 13.3. The lowest BCUT2D eigenvalue weighted by molar-refractivity contribution is -0.138. The van der Waals surface area contributed by atoms with Crippen molar-refractivity contribution in [3.63, 3.8) is 0 Å². The third-order valence-corrected chi connectivity index (χ3v) is 7.33. The van der Waals surface area contributed by atoms with Gasteiger partial charge >= 0.3 is 0 Å². The highest BCUT2D eigenvalue weighted by Crippen LogP contribution is 2.34. The summed E-state index contributed by atoms with van der Waals surface area (Å²) in [6.07, 6.45) is 5.70. The van der Waals surface area contributed by atoms with E-state index in [1.54, 1.807) is 12.4 Å². The first-order valence-corrected chi connectivity index (χ1v) is 13.3.